The predicted molar refractivity (Wildman–Crippen MR) is 83.0 cm³/mol. The zero-order valence-corrected chi connectivity index (χ0v) is 11.7. The Hall–Kier alpha value is -2.20. The van der Waals surface area contributed by atoms with E-state index in [1.54, 1.807) is 18.2 Å². The number of amides is 1. The molecule has 0 saturated carbocycles. The summed E-state index contributed by atoms with van der Waals surface area (Å²) in [5.74, 6) is -0.494. The maximum Gasteiger partial charge on any atom is 0.250 e. The van der Waals surface area contributed by atoms with Crippen LogP contribution < -0.4 is 16.8 Å². The standard InChI is InChI=1S/C15H16ClN3O/c16-11-6-4-10(5-7-11)8-9-19-14-12(15(18)20)2-1-3-13(14)17/h1-7,19H,8-9,17H2,(H2,18,20). The number of primary amides is 1. The molecule has 0 fully saturated rings. The van der Waals surface area contributed by atoms with Crippen molar-refractivity contribution < 1.29 is 4.79 Å². The SMILES string of the molecule is NC(=O)c1cccc(N)c1NCCc1ccc(Cl)cc1. The van der Waals surface area contributed by atoms with Crippen molar-refractivity contribution in [1.29, 1.82) is 0 Å². The van der Waals surface area contributed by atoms with E-state index in [9.17, 15) is 4.79 Å². The van der Waals surface area contributed by atoms with Gasteiger partial charge in [-0.05, 0) is 36.2 Å². The van der Waals surface area contributed by atoms with Crippen LogP contribution in [0.3, 0.4) is 0 Å². The van der Waals surface area contributed by atoms with Gasteiger partial charge in [-0.1, -0.05) is 29.8 Å². The molecule has 1 amide bonds. The van der Waals surface area contributed by atoms with Gasteiger partial charge in [-0.3, -0.25) is 4.79 Å². The first kappa shape index (κ1) is 14.2. The number of para-hydroxylation sites is 1. The van der Waals surface area contributed by atoms with Crippen LogP contribution in [0.5, 0.6) is 0 Å². The molecular weight excluding hydrogens is 274 g/mol. The van der Waals surface area contributed by atoms with Gasteiger partial charge in [0.05, 0.1) is 16.9 Å². The molecule has 4 nitrogen and oxygen atoms in total. The van der Waals surface area contributed by atoms with Crippen LogP contribution in [0.15, 0.2) is 42.5 Å². The Bertz CT molecular complexity index is 611. The van der Waals surface area contributed by atoms with Gasteiger partial charge in [-0.2, -0.15) is 0 Å². The number of nitrogen functional groups attached to an aromatic ring is 1. The molecule has 0 spiro atoms. The lowest BCUT2D eigenvalue weighted by Gasteiger charge is -2.12. The molecule has 2 rings (SSSR count). The second-order valence-electron chi connectivity index (χ2n) is 4.44. The average molecular weight is 290 g/mol. The highest BCUT2D eigenvalue weighted by atomic mass is 35.5. The first-order valence-corrected chi connectivity index (χ1v) is 6.62. The second-order valence-corrected chi connectivity index (χ2v) is 4.87. The van der Waals surface area contributed by atoms with Gasteiger partial charge in [0.2, 0.25) is 0 Å². The topological polar surface area (TPSA) is 81.1 Å². The van der Waals surface area contributed by atoms with E-state index in [0.29, 0.717) is 28.5 Å². The lowest BCUT2D eigenvalue weighted by Crippen LogP contribution is -2.16. The fourth-order valence-electron chi connectivity index (χ4n) is 1.96. The van der Waals surface area contributed by atoms with Crippen molar-refractivity contribution in [3.05, 3.63) is 58.6 Å². The molecule has 20 heavy (non-hydrogen) atoms. The van der Waals surface area contributed by atoms with E-state index in [4.69, 9.17) is 23.1 Å². The van der Waals surface area contributed by atoms with Gasteiger partial charge < -0.3 is 16.8 Å². The molecule has 0 radical (unpaired) electrons. The molecule has 5 heteroatoms. The summed E-state index contributed by atoms with van der Waals surface area (Å²) in [4.78, 5) is 11.4. The molecule has 0 unspecified atom stereocenters. The quantitative estimate of drug-likeness (QED) is 0.740. The normalized spacial score (nSPS) is 10.2. The van der Waals surface area contributed by atoms with E-state index < -0.39 is 5.91 Å². The molecule has 0 aliphatic heterocycles. The lowest BCUT2D eigenvalue weighted by molar-refractivity contribution is 0.100. The minimum Gasteiger partial charge on any atom is -0.397 e. The van der Waals surface area contributed by atoms with Crippen LogP contribution in [0.4, 0.5) is 11.4 Å². The van der Waals surface area contributed by atoms with Crippen LogP contribution in [0.2, 0.25) is 5.02 Å². The van der Waals surface area contributed by atoms with E-state index in [-0.39, 0.29) is 0 Å². The number of hydrogen-bond donors (Lipinski definition) is 3. The van der Waals surface area contributed by atoms with Crippen molar-refractivity contribution in [3.8, 4) is 0 Å². The fourth-order valence-corrected chi connectivity index (χ4v) is 2.08. The van der Waals surface area contributed by atoms with E-state index in [2.05, 4.69) is 5.32 Å². The number of hydrogen-bond acceptors (Lipinski definition) is 3. The van der Waals surface area contributed by atoms with Crippen molar-refractivity contribution in [2.45, 2.75) is 6.42 Å². The first-order chi connectivity index (χ1) is 9.58. The Balaban J connectivity index is 2.04. The van der Waals surface area contributed by atoms with Crippen molar-refractivity contribution >= 4 is 28.9 Å². The summed E-state index contributed by atoms with van der Waals surface area (Å²) in [6, 6.07) is 12.7. The van der Waals surface area contributed by atoms with Crippen molar-refractivity contribution in [2.24, 2.45) is 5.73 Å². The molecule has 2 aromatic carbocycles. The minimum absolute atomic E-state index is 0.404. The number of rotatable bonds is 5. The van der Waals surface area contributed by atoms with Gasteiger partial charge in [0.25, 0.3) is 5.91 Å². The third-order valence-corrected chi connectivity index (χ3v) is 3.24. The third kappa shape index (κ3) is 3.42. The minimum atomic E-state index is -0.494. The molecule has 0 aromatic heterocycles. The van der Waals surface area contributed by atoms with Crippen LogP contribution >= 0.6 is 11.6 Å². The predicted octanol–water partition coefficient (Wildman–Crippen LogP) is 2.68. The van der Waals surface area contributed by atoms with Crippen molar-refractivity contribution in [1.82, 2.24) is 0 Å². The number of nitrogens with two attached hydrogens (primary N) is 2. The van der Waals surface area contributed by atoms with Crippen LogP contribution in [-0.4, -0.2) is 12.5 Å². The Morgan fingerprint density at radius 3 is 2.50 bits per heavy atom. The van der Waals surface area contributed by atoms with Gasteiger partial charge >= 0.3 is 0 Å². The molecule has 0 saturated heterocycles. The third-order valence-electron chi connectivity index (χ3n) is 2.99. The Labute approximate surface area is 122 Å². The molecule has 0 aliphatic carbocycles. The molecular formula is C15H16ClN3O. The number of anilines is 2. The molecule has 0 heterocycles. The molecule has 5 N–H and O–H groups in total. The number of benzene rings is 2. The zero-order chi connectivity index (χ0) is 14.5. The van der Waals surface area contributed by atoms with E-state index in [1.165, 1.54) is 0 Å². The summed E-state index contributed by atoms with van der Waals surface area (Å²) < 4.78 is 0. The van der Waals surface area contributed by atoms with Crippen molar-refractivity contribution in [2.75, 3.05) is 17.6 Å². The highest BCUT2D eigenvalue weighted by Gasteiger charge is 2.10. The average Bonchev–Trinajstić information content (AvgIpc) is 2.42. The maximum absolute atomic E-state index is 11.4. The highest BCUT2D eigenvalue weighted by molar-refractivity contribution is 6.30. The second kappa shape index (κ2) is 6.30. The van der Waals surface area contributed by atoms with Gasteiger partial charge in [-0.25, -0.2) is 0 Å². The van der Waals surface area contributed by atoms with E-state index in [1.807, 2.05) is 24.3 Å². The Morgan fingerprint density at radius 2 is 1.85 bits per heavy atom. The van der Waals surface area contributed by atoms with Crippen LogP contribution in [-0.2, 0) is 6.42 Å². The van der Waals surface area contributed by atoms with Crippen LogP contribution in [0.1, 0.15) is 15.9 Å². The largest absolute Gasteiger partial charge is 0.397 e. The summed E-state index contributed by atoms with van der Waals surface area (Å²) in [7, 11) is 0. The van der Waals surface area contributed by atoms with Gasteiger partial charge in [-0.15, -0.1) is 0 Å². The Kier molecular flexibility index (Phi) is 4.48. The molecule has 2 aromatic rings. The smallest absolute Gasteiger partial charge is 0.250 e. The first-order valence-electron chi connectivity index (χ1n) is 6.24. The monoisotopic (exact) mass is 289 g/mol. The molecule has 0 bridgehead atoms. The summed E-state index contributed by atoms with van der Waals surface area (Å²) in [5.41, 5.74) is 13.9. The summed E-state index contributed by atoms with van der Waals surface area (Å²) in [6.07, 6.45) is 0.795. The van der Waals surface area contributed by atoms with Crippen LogP contribution in [0.25, 0.3) is 0 Å². The number of carbonyl (C=O) groups is 1. The highest BCUT2D eigenvalue weighted by Crippen LogP contribution is 2.23. The molecule has 0 atom stereocenters. The Morgan fingerprint density at radius 1 is 1.15 bits per heavy atom. The molecule has 0 aliphatic rings. The van der Waals surface area contributed by atoms with E-state index in [0.717, 1.165) is 12.0 Å². The summed E-state index contributed by atoms with van der Waals surface area (Å²) in [5, 5.41) is 3.88. The fraction of sp³-hybridized carbons (Fsp3) is 0.133. The summed E-state index contributed by atoms with van der Waals surface area (Å²) in [6.45, 7) is 0.649. The van der Waals surface area contributed by atoms with E-state index >= 15 is 0 Å². The maximum atomic E-state index is 11.4. The zero-order valence-electron chi connectivity index (χ0n) is 10.9. The number of halogens is 1. The number of nitrogens with one attached hydrogen (secondary N) is 1. The van der Waals surface area contributed by atoms with Gasteiger partial charge in [0.1, 0.15) is 0 Å². The summed E-state index contributed by atoms with van der Waals surface area (Å²) >= 11 is 5.83. The van der Waals surface area contributed by atoms with Gasteiger partial charge in [0.15, 0.2) is 0 Å². The lowest BCUT2D eigenvalue weighted by atomic mass is 10.1. The van der Waals surface area contributed by atoms with Crippen LogP contribution in [0, 0.1) is 0 Å². The number of carbonyl (C=O) groups excluding carboxylic acids is 1. The van der Waals surface area contributed by atoms with Gasteiger partial charge in [0, 0.05) is 11.6 Å². The van der Waals surface area contributed by atoms with Crippen molar-refractivity contribution in [3.63, 3.8) is 0 Å². The molecule has 104 valence electrons.